The summed E-state index contributed by atoms with van der Waals surface area (Å²) in [6, 6.07) is 7.89. The van der Waals surface area contributed by atoms with Crippen molar-refractivity contribution in [1.29, 1.82) is 0 Å². The Hall–Kier alpha value is -1.69. The molecule has 0 saturated carbocycles. The van der Waals surface area contributed by atoms with E-state index in [-0.39, 0.29) is 0 Å². The molecule has 1 aromatic carbocycles. The summed E-state index contributed by atoms with van der Waals surface area (Å²) in [7, 11) is 0. The summed E-state index contributed by atoms with van der Waals surface area (Å²) in [5, 5.41) is 0.477. The minimum Gasteiger partial charge on any atom is -0.398 e. The van der Waals surface area contributed by atoms with Crippen molar-refractivity contribution in [2.75, 3.05) is 5.73 Å². The molecule has 0 aliphatic rings. The Labute approximate surface area is 112 Å². The monoisotopic (exact) mass is 284 g/mol. The summed E-state index contributed by atoms with van der Waals surface area (Å²) in [5.74, 6) is 0. The fourth-order valence-electron chi connectivity index (χ4n) is 1.46. The molecule has 6 heteroatoms. The van der Waals surface area contributed by atoms with Gasteiger partial charge in [0.05, 0.1) is 5.56 Å². The van der Waals surface area contributed by atoms with Crippen molar-refractivity contribution in [3.8, 4) is 0 Å². The molecule has 100 valence electrons. The SMILES string of the molecule is Cc1cccc(Sc2ccc(C(F)(F)F)cn2)c1N. The molecule has 0 spiro atoms. The van der Waals surface area contributed by atoms with Gasteiger partial charge in [-0.3, -0.25) is 0 Å². The number of para-hydroxylation sites is 1. The lowest BCUT2D eigenvalue weighted by Crippen LogP contribution is -2.05. The number of rotatable bonds is 2. The normalized spacial score (nSPS) is 11.6. The van der Waals surface area contributed by atoms with Crippen molar-refractivity contribution >= 4 is 17.4 Å². The number of alkyl halides is 3. The molecule has 0 fully saturated rings. The van der Waals surface area contributed by atoms with E-state index in [1.807, 2.05) is 25.1 Å². The van der Waals surface area contributed by atoms with E-state index < -0.39 is 11.7 Å². The molecule has 0 unspecified atom stereocenters. The van der Waals surface area contributed by atoms with Crippen LogP contribution in [0.4, 0.5) is 18.9 Å². The third-order valence-electron chi connectivity index (χ3n) is 2.56. The van der Waals surface area contributed by atoms with Gasteiger partial charge >= 0.3 is 6.18 Å². The highest BCUT2D eigenvalue weighted by atomic mass is 32.2. The van der Waals surface area contributed by atoms with Crippen molar-refractivity contribution in [2.45, 2.75) is 23.0 Å². The van der Waals surface area contributed by atoms with Crippen LogP contribution >= 0.6 is 11.8 Å². The van der Waals surface area contributed by atoms with Crippen LogP contribution in [0, 0.1) is 6.92 Å². The molecule has 19 heavy (non-hydrogen) atoms. The number of nitrogen functional groups attached to an aromatic ring is 1. The molecule has 2 N–H and O–H groups in total. The van der Waals surface area contributed by atoms with Gasteiger partial charge in [-0.1, -0.05) is 23.9 Å². The van der Waals surface area contributed by atoms with Crippen LogP contribution in [0.5, 0.6) is 0 Å². The molecule has 2 rings (SSSR count). The van der Waals surface area contributed by atoms with Crippen molar-refractivity contribution < 1.29 is 13.2 Å². The van der Waals surface area contributed by atoms with E-state index in [0.717, 1.165) is 22.7 Å². The zero-order valence-electron chi connectivity index (χ0n) is 10.0. The van der Waals surface area contributed by atoms with Gasteiger partial charge in [0.2, 0.25) is 0 Å². The largest absolute Gasteiger partial charge is 0.417 e. The summed E-state index contributed by atoms with van der Waals surface area (Å²) in [6.45, 7) is 1.87. The standard InChI is InChI=1S/C13H11F3N2S/c1-8-3-2-4-10(12(8)17)19-11-6-5-9(7-18-11)13(14,15)16/h2-7H,17H2,1H3. The molecule has 0 bridgehead atoms. The summed E-state index contributed by atoms with van der Waals surface area (Å²) in [6.07, 6.45) is -3.53. The highest BCUT2D eigenvalue weighted by Gasteiger charge is 2.30. The number of aryl methyl sites for hydroxylation is 1. The van der Waals surface area contributed by atoms with Gasteiger partial charge in [0.1, 0.15) is 5.03 Å². The molecule has 0 atom stereocenters. The molecule has 1 heterocycles. The number of halogens is 3. The number of hydrogen-bond donors (Lipinski definition) is 1. The van der Waals surface area contributed by atoms with Gasteiger partial charge in [0, 0.05) is 16.8 Å². The number of pyridine rings is 1. The molecule has 0 amide bonds. The summed E-state index contributed by atoms with van der Waals surface area (Å²) in [5.41, 5.74) is 6.69. The smallest absolute Gasteiger partial charge is 0.398 e. The second kappa shape index (κ2) is 5.13. The van der Waals surface area contributed by atoms with Crippen LogP contribution < -0.4 is 5.73 Å². The molecule has 0 aliphatic carbocycles. The second-order valence-electron chi connectivity index (χ2n) is 3.97. The van der Waals surface area contributed by atoms with E-state index >= 15 is 0 Å². The van der Waals surface area contributed by atoms with Crippen molar-refractivity contribution in [3.63, 3.8) is 0 Å². The average Bonchev–Trinajstić information content (AvgIpc) is 2.35. The maximum atomic E-state index is 12.4. The third kappa shape index (κ3) is 3.20. The molecule has 0 saturated heterocycles. The Balaban J connectivity index is 2.23. The minimum atomic E-state index is -4.36. The lowest BCUT2D eigenvalue weighted by molar-refractivity contribution is -0.137. The number of nitrogens with two attached hydrogens (primary N) is 1. The number of nitrogens with zero attached hydrogens (tertiary/aromatic N) is 1. The highest BCUT2D eigenvalue weighted by Crippen LogP contribution is 2.34. The minimum absolute atomic E-state index is 0.477. The number of benzene rings is 1. The van der Waals surface area contributed by atoms with Gasteiger partial charge in [-0.2, -0.15) is 13.2 Å². The van der Waals surface area contributed by atoms with Crippen LogP contribution in [0.2, 0.25) is 0 Å². The average molecular weight is 284 g/mol. The van der Waals surface area contributed by atoms with Crippen LogP contribution in [0.3, 0.4) is 0 Å². The molecule has 0 aliphatic heterocycles. The zero-order valence-corrected chi connectivity index (χ0v) is 10.8. The first-order chi connectivity index (χ1) is 8.88. The van der Waals surface area contributed by atoms with Crippen molar-refractivity contribution in [3.05, 3.63) is 47.7 Å². The Bertz CT molecular complexity index is 579. The molecule has 2 nitrogen and oxygen atoms in total. The molecule has 2 aromatic rings. The van der Waals surface area contributed by atoms with Crippen LogP contribution in [-0.2, 0) is 6.18 Å². The molecule has 1 aromatic heterocycles. The fraction of sp³-hybridized carbons (Fsp3) is 0.154. The number of hydrogen-bond acceptors (Lipinski definition) is 3. The molecule has 0 radical (unpaired) electrons. The van der Waals surface area contributed by atoms with Gasteiger partial charge in [0.15, 0.2) is 0 Å². The molecular formula is C13H11F3N2S. The van der Waals surface area contributed by atoms with E-state index in [1.165, 1.54) is 17.8 Å². The van der Waals surface area contributed by atoms with Gasteiger partial charge in [-0.05, 0) is 30.7 Å². The first-order valence-electron chi connectivity index (χ1n) is 5.44. The summed E-state index contributed by atoms with van der Waals surface area (Å²) < 4.78 is 37.2. The molecular weight excluding hydrogens is 273 g/mol. The lowest BCUT2D eigenvalue weighted by Gasteiger charge is -2.09. The zero-order chi connectivity index (χ0) is 14.0. The van der Waals surface area contributed by atoms with Gasteiger partial charge in [-0.25, -0.2) is 4.98 Å². The van der Waals surface area contributed by atoms with Crippen molar-refractivity contribution in [2.24, 2.45) is 0 Å². The Morgan fingerprint density at radius 1 is 1.16 bits per heavy atom. The van der Waals surface area contributed by atoms with Crippen LogP contribution in [0.15, 0.2) is 46.5 Å². The van der Waals surface area contributed by atoms with E-state index in [1.54, 1.807) is 0 Å². The predicted molar refractivity (Wildman–Crippen MR) is 69.0 cm³/mol. The van der Waals surface area contributed by atoms with E-state index in [4.69, 9.17) is 5.73 Å². The van der Waals surface area contributed by atoms with E-state index in [0.29, 0.717) is 10.7 Å². The number of anilines is 1. The van der Waals surface area contributed by atoms with Crippen LogP contribution in [0.1, 0.15) is 11.1 Å². The maximum absolute atomic E-state index is 12.4. The second-order valence-corrected chi connectivity index (χ2v) is 5.03. The fourth-order valence-corrected chi connectivity index (χ4v) is 2.35. The lowest BCUT2D eigenvalue weighted by atomic mass is 10.2. The van der Waals surface area contributed by atoms with E-state index in [9.17, 15) is 13.2 Å². The summed E-state index contributed by atoms with van der Waals surface area (Å²) >= 11 is 1.24. The highest BCUT2D eigenvalue weighted by molar-refractivity contribution is 7.99. The predicted octanol–water partition coefficient (Wildman–Crippen LogP) is 4.14. The summed E-state index contributed by atoms with van der Waals surface area (Å²) in [4.78, 5) is 4.58. The van der Waals surface area contributed by atoms with Gasteiger partial charge in [-0.15, -0.1) is 0 Å². The Morgan fingerprint density at radius 2 is 1.89 bits per heavy atom. The van der Waals surface area contributed by atoms with Gasteiger partial charge in [0.25, 0.3) is 0 Å². The quantitative estimate of drug-likeness (QED) is 0.842. The van der Waals surface area contributed by atoms with Gasteiger partial charge < -0.3 is 5.73 Å². The van der Waals surface area contributed by atoms with E-state index in [2.05, 4.69) is 4.98 Å². The Kier molecular flexibility index (Phi) is 3.71. The Morgan fingerprint density at radius 3 is 2.47 bits per heavy atom. The first kappa shape index (κ1) is 13.7. The topological polar surface area (TPSA) is 38.9 Å². The van der Waals surface area contributed by atoms with Crippen LogP contribution in [0.25, 0.3) is 0 Å². The van der Waals surface area contributed by atoms with Crippen molar-refractivity contribution in [1.82, 2.24) is 4.98 Å². The van der Waals surface area contributed by atoms with Crippen LogP contribution in [-0.4, -0.2) is 4.98 Å². The number of aromatic nitrogens is 1. The maximum Gasteiger partial charge on any atom is 0.417 e. The third-order valence-corrected chi connectivity index (χ3v) is 3.59. The first-order valence-corrected chi connectivity index (χ1v) is 6.26.